The van der Waals surface area contributed by atoms with Crippen LogP contribution in [-0.2, 0) is 11.3 Å². The molecule has 2 aromatic rings. The lowest BCUT2D eigenvalue weighted by Crippen LogP contribution is -2.46. The fourth-order valence-electron chi connectivity index (χ4n) is 3.64. The van der Waals surface area contributed by atoms with Gasteiger partial charge in [-0.15, -0.1) is 22.7 Å². The molecule has 4 heterocycles. The Labute approximate surface area is 155 Å². The Morgan fingerprint density at radius 3 is 2.96 bits per heavy atom. The van der Waals surface area contributed by atoms with E-state index in [9.17, 15) is 4.79 Å². The molecule has 2 aliphatic rings. The summed E-state index contributed by atoms with van der Waals surface area (Å²) in [5, 5.41) is 2.19. The number of hydrogen-bond donors (Lipinski definition) is 1. The van der Waals surface area contributed by atoms with Gasteiger partial charge in [0.25, 0.3) is 5.91 Å². The molecule has 0 aliphatic carbocycles. The molecular formula is C17H22N4O2S2. The molecule has 1 amide bonds. The highest BCUT2D eigenvalue weighted by Gasteiger charge is 2.36. The summed E-state index contributed by atoms with van der Waals surface area (Å²) in [6.07, 6.45) is 0. The lowest BCUT2D eigenvalue weighted by molar-refractivity contribution is 0.0424. The first-order valence-corrected chi connectivity index (χ1v) is 10.2. The third-order valence-electron chi connectivity index (χ3n) is 4.72. The number of aryl methyl sites for hydroxylation is 1. The van der Waals surface area contributed by atoms with Gasteiger partial charge in [-0.05, 0) is 19.1 Å². The van der Waals surface area contributed by atoms with Crippen LogP contribution < -0.4 is 5.73 Å². The highest BCUT2D eigenvalue weighted by Crippen LogP contribution is 2.25. The first-order chi connectivity index (χ1) is 12.1. The molecule has 0 aromatic carbocycles. The van der Waals surface area contributed by atoms with Gasteiger partial charge in [0.15, 0.2) is 5.13 Å². The van der Waals surface area contributed by atoms with Gasteiger partial charge in [-0.2, -0.15) is 0 Å². The van der Waals surface area contributed by atoms with E-state index >= 15 is 0 Å². The number of carbonyl (C=O) groups is 1. The first-order valence-electron chi connectivity index (χ1n) is 8.46. The molecule has 2 N–H and O–H groups in total. The summed E-state index contributed by atoms with van der Waals surface area (Å²) in [6, 6.07) is 4.44. The number of fused-ring (bicyclic) bond motifs is 3. The van der Waals surface area contributed by atoms with Gasteiger partial charge in [0.05, 0.1) is 19.3 Å². The van der Waals surface area contributed by atoms with E-state index in [0.717, 1.165) is 26.2 Å². The zero-order valence-corrected chi connectivity index (χ0v) is 15.8. The number of thiazole rings is 1. The molecule has 2 bridgehead atoms. The molecule has 6 nitrogen and oxygen atoms in total. The number of thiophene rings is 1. The van der Waals surface area contributed by atoms with Gasteiger partial charge in [0.2, 0.25) is 0 Å². The first kappa shape index (κ1) is 17.0. The number of nitrogens with zero attached hydrogens (tertiary/aromatic N) is 3. The molecule has 2 aromatic heterocycles. The second kappa shape index (κ2) is 7.03. The SMILES string of the molecule is Cc1ccc(CN2C[C@@H]3COC[C@H](C2)N(C(=O)c2csc(N)n2)C3)s1. The van der Waals surface area contributed by atoms with E-state index in [2.05, 4.69) is 28.9 Å². The van der Waals surface area contributed by atoms with E-state index in [1.54, 1.807) is 5.38 Å². The van der Waals surface area contributed by atoms with Crippen LogP contribution in [0.15, 0.2) is 17.5 Å². The normalized spacial score (nSPS) is 24.3. The maximum atomic E-state index is 12.9. The van der Waals surface area contributed by atoms with E-state index < -0.39 is 0 Å². The van der Waals surface area contributed by atoms with Crippen LogP contribution in [0.3, 0.4) is 0 Å². The van der Waals surface area contributed by atoms with E-state index in [1.807, 2.05) is 16.2 Å². The molecule has 25 heavy (non-hydrogen) atoms. The lowest BCUT2D eigenvalue weighted by Gasteiger charge is -2.30. The summed E-state index contributed by atoms with van der Waals surface area (Å²) in [5.41, 5.74) is 6.15. The predicted molar refractivity (Wildman–Crippen MR) is 100.0 cm³/mol. The van der Waals surface area contributed by atoms with Crippen molar-refractivity contribution in [3.05, 3.63) is 33.0 Å². The van der Waals surface area contributed by atoms with Gasteiger partial charge in [0, 0.05) is 47.2 Å². The predicted octanol–water partition coefficient (Wildman–Crippen LogP) is 2.07. The molecule has 0 unspecified atom stereocenters. The summed E-state index contributed by atoms with van der Waals surface area (Å²) in [5.74, 6) is 0.302. The molecule has 2 aliphatic heterocycles. The molecule has 2 fully saturated rings. The fourth-order valence-corrected chi connectivity index (χ4v) is 5.11. The summed E-state index contributed by atoms with van der Waals surface area (Å²) >= 11 is 3.16. The number of amides is 1. The standard InChI is InChI=1S/C17H22N4O2S2/c1-11-2-3-14(25-11)7-20-4-12-5-21(13(6-20)9-23-8-12)16(22)15-10-24-17(18)19-15/h2-3,10,12-13H,4-9H2,1H3,(H2,18,19)/t12-,13-/m0/s1. The van der Waals surface area contributed by atoms with Crippen LogP contribution in [-0.4, -0.2) is 59.6 Å². The van der Waals surface area contributed by atoms with Crippen LogP contribution in [0.1, 0.15) is 20.2 Å². The molecule has 0 spiro atoms. The van der Waals surface area contributed by atoms with Crippen molar-refractivity contribution in [1.82, 2.24) is 14.8 Å². The van der Waals surface area contributed by atoms with Crippen LogP contribution >= 0.6 is 22.7 Å². The molecule has 2 saturated heterocycles. The van der Waals surface area contributed by atoms with Gasteiger partial charge in [-0.3, -0.25) is 9.69 Å². The molecule has 0 radical (unpaired) electrons. The number of nitrogens with two attached hydrogens (primary N) is 1. The number of carbonyl (C=O) groups excluding carboxylic acids is 1. The van der Waals surface area contributed by atoms with Crippen molar-refractivity contribution in [2.24, 2.45) is 5.92 Å². The van der Waals surface area contributed by atoms with Gasteiger partial charge in [-0.1, -0.05) is 0 Å². The van der Waals surface area contributed by atoms with Crippen LogP contribution in [0.25, 0.3) is 0 Å². The molecular weight excluding hydrogens is 356 g/mol. The second-order valence-electron chi connectivity index (χ2n) is 6.79. The van der Waals surface area contributed by atoms with Crippen molar-refractivity contribution < 1.29 is 9.53 Å². The monoisotopic (exact) mass is 378 g/mol. The Kier molecular flexibility index (Phi) is 4.77. The van der Waals surface area contributed by atoms with Crippen molar-refractivity contribution in [3.63, 3.8) is 0 Å². The third kappa shape index (κ3) is 3.72. The number of nitrogen functional groups attached to an aromatic ring is 1. The van der Waals surface area contributed by atoms with E-state index in [4.69, 9.17) is 10.5 Å². The Morgan fingerprint density at radius 1 is 1.36 bits per heavy atom. The number of aromatic nitrogens is 1. The minimum atomic E-state index is -0.0257. The van der Waals surface area contributed by atoms with Gasteiger partial charge >= 0.3 is 0 Å². The summed E-state index contributed by atoms with van der Waals surface area (Å²) in [7, 11) is 0. The van der Waals surface area contributed by atoms with Crippen LogP contribution in [0.4, 0.5) is 5.13 Å². The van der Waals surface area contributed by atoms with Crippen LogP contribution in [0, 0.1) is 12.8 Å². The topological polar surface area (TPSA) is 71.7 Å². The fraction of sp³-hybridized carbons (Fsp3) is 0.529. The number of ether oxygens (including phenoxy) is 1. The zero-order chi connectivity index (χ0) is 17.4. The van der Waals surface area contributed by atoms with Crippen molar-refractivity contribution in [2.45, 2.75) is 19.5 Å². The van der Waals surface area contributed by atoms with E-state index in [-0.39, 0.29) is 11.9 Å². The molecule has 0 saturated carbocycles. The quantitative estimate of drug-likeness (QED) is 0.885. The van der Waals surface area contributed by atoms with Crippen molar-refractivity contribution in [2.75, 3.05) is 38.6 Å². The minimum Gasteiger partial charge on any atom is -0.379 e. The van der Waals surface area contributed by atoms with Crippen LogP contribution in [0.2, 0.25) is 0 Å². The van der Waals surface area contributed by atoms with Crippen molar-refractivity contribution in [3.8, 4) is 0 Å². The average molecular weight is 379 g/mol. The van der Waals surface area contributed by atoms with E-state index in [0.29, 0.717) is 30.0 Å². The lowest BCUT2D eigenvalue weighted by atomic mass is 10.1. The van der Waals surface area contributed by atoms with E-state index in [1.165, 1.54) is 21.1 Å². The smallest absolute Gasteiger partial charge is 0.273 e. The van der Waals surface area contributed by atoms with Crippen LogP contribution in [0.5, 0.6) is 0 Å². The second-order valence-corrected chi connectivity index (χ2v) is 9.05. The summed E-state index contributed by atoms with van der Waals surface area (Å²) < 4.78 is 5.83. The van der Waals surface area contributed by atoms with Crippen molar-refractivity contribution >= 4 is 33.7 Å². The molecule has 134 valence electrons. The molecule has 4 rings (SSSR count). The number of rotatable bonds is 3. The zero-order valence-electron chi connectivity index (χ0n) is 14.2. The Morgan fingerprint density at radius 2 is 2.24 bits per heavy atom. The molecule has 8 heteroatoms. The summed E-state index contributed by atoms with van der Waals surface area (Å²) in [6.45, 7) is 6.88. The average Bonchev–Trinajstić information content (AvgIpc) is 3.06. The number of anilines is 1. The maximum absolute atomic E-state index is 12.9. The number of hydrogen-bond acceptors (Lipinski definition) is 7. The minimum absolute atomic E-state index is 0.0257. The van der Waals surface area contributed by atoms with Gasteiger partial charge < -0.3 is 15.4 Å². The Balaban J connectivity index is 1.52. The Bertz CT molecular complexity index is 759. The highest BCUT2D eigenvalue weighted by atomic mass is 32.1. The van der Waals surface area contributed by atoms with Gasteiger partial charge in [0.1, 0.15) is 5.69 Å². The van der Waals surface area contributed by atoms with Crippen molar-refractivity contribution in [1.29, 1.82) is 0 Å². The maximum Gasteiger partial charge on any atom is 0.273 e. The molecule has 2 atom stereocenters. The largest absolute Gasteiger partial charge is 0.379 e. The van der Waals surface area contributed by atoms with Gasteiger partial charge in [-0.25, -0.2) is 4.98 Å². The summed E-state index contributed by atoms with van der Waals surface area (Å²) in [4.78, 5) is 24.2. The third-order valence-corrected chi connectivity index (χ3v) is 6.38. The Hall–Kier alpha value is -1.48. The highest BCUT2D eigenvalue weighted by molar-refractivity contribution is 7.13.